The van der Waals surface area contributed by atoms with Crippen molar-refractivity contribution in [3.05, 3.63) is 24.3 Å². The highest BCUT2D eigenvalue weighted by atomic mass is 35.5. The molecule has 0 aliphatic heterocycles. The predicted molar refractivity (Wildman–Crippen MR) is 90.2 cm³/mol. The molecule has 0 atom stereocenters. The highest BCUT2D eigenvalue weighted by molar-refractivity contribution is 5.85. The second kappa shape index (κ2) is 6.91. The first kappa shape index (κ1) is 15.8. The molecule has 3 rings (SSSR count). The lowest BCUT2D eigenvalue weighted by molar-refractivity contribution is 0.410. The van der Waals surface area contributed by atoms with E-state index in [1.165, 1.54) is 0 Å². The summed E-state index contributed by atoms with van der Waals surface area (Å²) in [5, 5.41) is 6.65. The van der Waals surface area contributed by atoms with E-state index in [0.29, 0.717) is 12.1 Å². The zero-order chi connectivity index (χ0) is 13.9. The van der Waals surface area contributed by atoms with Crippen molar-refractivity contribution in [1.82, 2.24) is 9.97 Å². The molecule has 4 N–H and O–H groups in total. The van der Waals surface area contributed by atoms with Gasteiger partial charge in [-0.1, -0.05) is 12.1 Å². The zero-order valence-corrected chi connectivity index (χ0v) is 13.0. The Morgan fingerprint density at radius 2 is 1.57 bits per heavy atom. The van der Waals surface area contributed by atoms with Gasteiger partial charge in [-0.25, -0.2) is 9.97 Å². The van der Waals surface area contributed by atoms with Crippen LogP contribution in [-0.4, -0.2) is 29.1 Å². The molecule has 2 aromatic rings. The number of halogens is 1. The van der Waals surface area contributed by atoms with Crippen LogP contribution in [0.1, 0.15) is 25.7 Å². The average molecular weight is 308 g/mol. The Morgan fingerprint density at radius 3 is 2.14 bits per heavy atom. The molecule has 114 valence electrons. The maximum atomic E-state index is 5.95. The van der Waals surface area contributed by atoms with Gasteiger partial charge in [-0.3, -0.25) is 0 Å². The van der Waals surface area contributed by atoms with Crippen molar-refractivity contribution in [2.45, 2.75) is 37.8 Å². The van der Waals surface area contributed by atoms with E-state index in [1.807, 2.05) is 31.3 Å². The Morgan fingerprint density at radius 1 is 1.00 bits per heavy atom. The molecule has 6 heteroatoms. The van der Waals surface area contributed by atoms with Crippen LogP contribution in [0.5, 0.6) is 0 Å². The summed E-state index contributed by atoms with van der Waals surface area (Å²) >= 11 is 0. The molecule has 1 saturated carbocycles. The molecule has 0 radical (unpaired) electrons. The number of nitrogens with zero attached hydrogens (tertiary/aromatic N) is 2. The number of nitrogens with one attached hydrogen (secondary N) is 2. The summed E-state index contributed by atoms with van der Waals surface area (Å²) in [6, 6.07) is 8.74. The molecular weight excluding hydrogens is 286 g/mol. The fourth-order valence-electron chi connectivity index (χ4n) is 2.73. The van der Waals surface area contributed by atoms with Gasteiger partial charge in [0, 0.05) is 19.1 Å². The van der Waals surface area contributed by atoms with Crippen LogP contribution in [0.4, 0.5) is 11.6 Å². The number of aromatic nitrogens is 2. The predicted octanol–water partition coefficient (Wildman–Crippen LogP) is 2.78. The van der Waals surface area contributed by atoms with Gasteiger partial charge < -0.3 is 16.4 Å². The minimum absolute atomic E-state index is 0. The molecule has 1 aromatic carbocycles. The molecule has 0 spiro atoms. The fourth-order valence-corrected chi connectivity index (χ4v) is 2.73. The van der Waals surface area contributed by atoms with Gasteiger partial charge in [0.1, 0.15) is 0 Å². The molecule has 1 aliphatic carbocycles. The van der Waals surface area contributed by atoms with Crippen LogP contribution in [0.3, 0.4) is 0 Å². The number of anilines is 2. The molecule has 0 saturated heterocycles. The molecule has 1 aromatic heterocycles. The van der Waals surface area contributed by atoms with E-state index in [2.05, 4.69) is 15.6 Å². The van der Waals surface area contributed by atoms with Gasteiger partial charge in [0.25, 0.3) is 0 Å². The van der Waals surface area contributed by atoms with Crippen LogP contribution in [0, 0.1) is 0 Å². The third-order valence-electron chi connectivity index (χ3n) is 3.92. The highest BCUT2D eigenvalue weighted by Crippen LogP contribution is 2.25. The second-order valence-corrected chi connectivity index (χ2v) is 5.42. The Kier molecular flexibility index (Phi) is 5.20. The number of hydrogen-bond donors (Lipinski definition) is 3. The van der Waals surface area contributed by atoms with Crippen molar-refractivity contribution >= 4 is 35.1 Å². The van der Waals surface area contributed by atoms with E-state index >= 15 is 0 Å². The van der Waals surface area contributed by atoms with Crippen molar-refractivity contribution in [3.8, 4) is 0 Å². The van der Waals surface area contributed by atoms with E-state index in [4.69, 9.17) is 10.7 Å². The molecule has 5 nitrogen and oxygen atoms in total. The summed E-state index contributed by atoms with van der Waals surface area (Å²) < 4.78 is 0. The van der Waals surface area contributed by atoms with Gasteiger partial charge in [-0.15, -0.1) is 12.4 Å². The van der Waals surface area contributed by atoms with Crippen LogP contribution in [0.25, 0.3) is 11.0 Å². The van der Waals surface area contributed by atoms with E-state index in [-0.39, 0.29) is 12.4 Å². The van der Waals surface area contributed by atoms with Crippen molar-refractivity contribution in [3.63, 3.8) is 0 Å². The van der Waals surface area contributed by atoms with Crippen molar-refractivity contribution in [1.29, 1.82) is 0 Å². The normalized spacial score (nSPS) is 21.6. The van der Waals surface area contributed by atoms with Crippen molar-refractivity contribution in [2.24, 2.45) is 5.73 Å². The quantitative estimate of drug-likeness (QED) is 0.813. The molecule has 0 unspecified atom stereocenters. The van der Waals surface area contributed by atoms with Crippen LogP contribution < -0.4 is 16.4 Å². The van der Waals surface area contributed by atoms with Gasteiger partial charge in [0.2, 0.25) is 0 Å². The summed E-state index contributed by atoms with van der Waals surface area (Å²) in [5.41, 5.74) is 7.78. The maximum absolute atomic E-state index is 5.95. The molecule has 21 heavy (non-hydrogen) atoms. The zero-order valence-electron chi connectivity index (χ0n) is 12.2. The second-order valence-electron chi connectivity index (χ2n) is 5.42. The van der Waals surface area contributed by atoms with Crippen molar-refractivity contribution < 1.29 is 0 Å². The monoisotopic (exact) mass is 307 g/mol. The summed E-state index contributed by atoms with van der Waals surface area (Å²) in [7, 11) is 1.88. The average Bonchev–Trinajstić information content (AvgIpc) is 2.49. The van der Waals surface area contributed by atoms with Gasteiger partial charge >= 0.3 is 0 Å². The van der Waals surface area contributed by atoms with Gasteiger partial charge in [0.05, 0.1) is 11.0 Å². The first-order valence-corrected chi connectivity index (χ1v) is 7.23. The first-order chi connectivity index (χ1) is 9.76. The molecule has 1 aliphatic rings. The third-order valence-corrected chi connectivity index (χ3v) is 3.92. The molecule has 0 amide bonds. The van der Waals surface area contributed by atoms with Gasteiger partial charge in [-0.2, -0.15) is 0 Å². The van der Waals surface area contributed by atoms with Crippen LogP contribution >= 0.6 is 12.4 Å². The van der Waals surface area contributed by atoms with E-state index in [0.717, 1.165) is 48.4 Å². The smallest absolute Gasteiger partial charge is 0.169 e. The Labute approximate surface area is 131 Å². The Balaban J connectivity index is 0.00000161. The molecule has 1 fully saturated rings. The van der Waals surface area contributed by atoms with E-state index < -0.39 is 0 Å². The molecular formula is C15H22ClN5. The first-order valence-electron chi connectivity index (χ1n) is 7.23. The van der Waals surface area contributed by atoms with Crippen LogP contribution in [-0.2, 0) is 0 Å². The Hall–Kier alpha value is -1.59. The lowest BCUT2D eigenvalue weighted by atomic mass is 9.92. The molecule has 1 heterocycles. The lowest BCUT2D eigenvalue weighted by Gasteiger charge is -2.27. The van der Waals surface area contributed by atoms with Gasteiger partial charge in [0.15, 0.2) is 11.6 Å². The van der Waals surface area contributed by atoms with E-state index in [1.54, 1.807) is 0 Å². The third kappa shape index (κ3) is 3.54. The standard InChI is InChI=1S/C15H21N5.ClH/c1-17-14-15(18-11-8-6-10(16)7-9-11)20-13-5-3-2-4-12(13)19-14;/h2-5,10-11H,6-9,16H2,1H3,(H,17,19)(H,18,20);1H. The van der Waals surface area contributed by atoms with Gasteiger partial charge in [-0.05, 0) is 37.8 Å². The summed E-state index contributed by atoms with van der Waals surface area (Å²) in [4.78, 5) is 9.31. The van der Waals surface area contributed by atoms with Crippen molar-refractivity contribution in [2.75, 3.05) is 17.7 Å². The number of benzene rings is 1. The number of nitrogens with two attached hydrogens (primary N) is 1. The minimum Gasteiger partial charge on any atom is -0.370 e. The lowest BCUT2D eigenvalue weighted by Crippen LogP contribution is -2.33. The highest BCUT2D eigenvalue weighted by Gasteiger charge is 2.20. The Bertz CT molecular complexity index is 596. The maximum Gasteiger partial charge on any atom is 0.169 e. The summed E-state index contributed by atoms with van der Waals surface area (Å²) in [6.45, 7) is 0. The largest absolute Gasteiger partial charge is 0.370 e. The number of fused-ring (bicyclic) bond motifs is 1. The molecule has 0 bridgehead atoms. The fraction of sp³-hybridized carbons (Fsp3) is 0.467. The topological polar surface area (TPSA) is 75.9 Å². The number of rotatable bonds is 3. The van der Waals surface area contributed by atoms with E-state index in [9.17, 15) is 0 Å². The summed E-state index contributed by atoms with van der Waals surface area (Å²) in [5.74, 6) is 1.64. The van der Waals surface area contributed by atoms with Crippen LogP contribution in [0.15, 0.2) is 24.3 Å². The SMILES string of the molecule is CNc1nc2ccccc2nc1NC1CCC(N)CC1.Cl. The van der Waals surface area contributed by atoms with Crippen LogP contribution in [0.2, 0.25) is 0 Å². The number of hydrogen-bond acceptors (Lipinski definition) is 5. The number of para-hydroxylation sites is 2. The summed E-state index contributed by atoms with van der Waals surface area (Å²) in [6.07, 6.45) is 4.35. The minimum atomic E-state index is 0.